The van der Waals surface area contributed by atoms with Crippen LogP contribution in [-0.2, 0) is 11.2 Å². The molecule has 3 rings (SSSR count). The summed E-state index contributed by atoms with van der Waals surface area (Å²) in [5, 5.41) is 3.42. The molecule has 6 nitrogen and oxygen atoms in total. The van der Waals surface area contributed by atoms with Crippen LogP contribution in [0.5, 0.6) is 0 Å². The molecule has 1 aromatic carbocycles. The molecule has 2 aromatic rings. The minimum atomic E-state index is -0.328. The molecule has 29 heavy (non-hydrogen) atoms. The van der Waals surface area contributed by atoms with Crippen molar-refractivity contribution < 1.29 is 14.4 Å². The smallest absolute Gasteiger partial charge is 0.293 e. The highest BCUT2D eigenvalue weighted by Gasteiger charge is 2.34. The minimum absolute atomic E-state index is 0.138. The molecule has 0 saturated carbocycles. The van der Waals surface area contributed by atoms with Crippen LogP contribution >= 0.6 is 23.1 Å². The quantitative estimate of drug-likeness (QED) is 0.670. The lowest BCUT2D eigenvalue weighted by Gasteiger charge is -2.12. The Morgan fingerprint density at radius 1 is 1.24 bits per heavy atom. The number of aryl methyl sites for hydroxylation is 1. The van der Waals surface area contributed by atoms with E-state index in [4.69, 9.17) is 0 Å². The number of carbonyl (C=O) groups excluding carboxylic acids is 3. The fourth-order valence-corrected chi connectivity index (χ4v) is 4.91. The molecule has 1 aliphatic heterocycles. The van der Waals surface area contributed by atoms with Crippen molar-refractivity contribution in [2.24, 2.45) is 5.92 Å². The summed E-state index contributed by atoms with van der Waals surface area (Å²) >= 11 is 2.32. The number of imide groups is 1. The number of nitrogens with zero attached hydrogens (tertiary/aromatic N) is 2. The predicted octanol–water partition coefficient (Wildman–Crippen LogP) is 4.12. The van der Waals surface area contributed by atoms with Crippen molar-refractivity contribution in [2.75, 3.05) is 13.1 Å². The van der Waals surface area contributed by atoms with Gasteiger partial charge < -0.3 is 5.32 Å². The number of nitrogens with one attached hydrogen (secondary N) is 1. The van der Waals surface area contributed by atoms with Gasteiger partial charge in [0.15, 0.2) is 0 Å². The molecule has 1 fully saturated rings. The summed E-state index contributed by atoms with van der Waals surface area (Å²) in [4.78, 5) is 43.8. The van der Waals surface area contributed by atoms with E-state index >= 15 is 0 Å². The van der Waals surface area contributed by atoms with Crippen molar-refractivity contribution in [3.63, 3.8) is 0 Å². The normalized spacial score (nSPS) is 15.6. The number of thioether (sulfide) groups is 1. The van der Waals surface area contributed by atoms with Gasteiger partial charge in [0.2, 0.25) is 0 Å². The fraction of sp³-hybridized carbons (Fsp3) is 0.333. The van der Waals surface area contributed by atoms with Crippen LogP contribution in [0.25, 0.3) is 6.08 Å². The van der Waals surface area contributed by atoms with Gasteiger partial charge in [0.25, 0.3) is 17.1 Å². The van der Waals surface area contributed by atoms with Crippen molar-refractivity contribution in [2.45, 2.75) is 27.2 Å². The maximum Gasteiger partial charge on any atom is 0.293 e. The molecule has 1 saturated heterocycles. The molecule has 0 unspecified atom stereocenters. The fourth-order valence-electron chi connectivity index (χ4n) is 2.85. The van der Waals surface area contributed by atoms with Gasteiger partial charge in [-0.05, 0) is 36.2 Å². The van der Waals surface area contributed by atoms with E-state index in [1.165, 1.54) is 16.2 Å². The van der Waals surface area contributed by atoms with E-state index in [0.29, 0.717) is 21.4 Å². The summed E-state index contributed by atoms with van der Waals surface area (Å²) in [6, 6.07) is 9.39. The second-order valence-electron chi connectivity index (χ2n) is 7.12. The molecule has 0 bridgehead atoms. The number of rotatable bonds is 7. The van der Waals surface area contributed by atoms with Crippen molar-refractivity contribution in [3.05, 3.63) is 56.4 Å². The third-order valence-corrected chi connectivity index (χ3v) is 6.31. The Kier molecular flexibility index (Phi) is 6.87. The molecule has 0 radical (unpaired) electrons. The first-order valence-electron chi connectivity index (χ1n) is 9.40. The maximum absolute atomic E-state index is 12.5. The number of aromatic nitrogens is 1. The third kappa shape index (κ3) is 5.33. The highest BCUT2D eigenvalue weighted by Crippen LogP contribution is 2.31. The molecule has 0 aliphatic carbocycles. The molecule has 2 heterocycles. The Balaban J connectivity index is 1.57. The first-order valence-corrected chi connectivity index (χ1v) is 11.0. The van der Waals surface area contributed by atoms with E-state index < -0.39 is 0 Å². The van der Waals surface area contributed by atoms with Gasteiger partial charge in [0.05, 0.1) is 15.6 Å². The number of hydrogen-bond acceptors (Lipinski definition) is 6. The summed E-state index contributed by atoms with van der Waals surface area (Å²) in [5.41, 5.74) is 1.57. The number of hydrogen-bond donors (Lipinski definition) is 1. The van der Waals surface area contributed by atoms with Crippen molar-refractivity contribution >= 4 is 46.2 Å². The van der Waals surface area contributed by atoms with Crippen LogP contribution in [0, 0.1) is 12.8 Å². The molecule has 0 spiro atoms. The SMILES string of the molecule is Cc1nc(CC(C)C)sc1C(=O)NCCN1C(=O)S/C(=C/c2ccccc2)C1=O. The predicted molar refractivity (Wildman–Crippen MR) is 117 cm³/mol. The molecule has 8 heteroatoms. The summed E-state index contributed by atoms with van der Waals surface area (Å²) in [6.07, 6.45) is 2.55. The van der Waals surface area contributed by atoms with Gasteiger partial charge >= 0.3 is 0 Å². The maximum atomic E-state index is 12.5. The topological polar surface area (TPSA) is 79.4 Å². The Morgan fingerprint density at radius 3 is 2.66 bits per heavy atom. The first kappa shape index (κ1) is 21.3. The van der Waals surface area contributed by atoms with Gasteiger partial charge in [-0.25, -0.2) is 4.98 Å². The lowest BCUT2D eigenvalue weighted by atomic mass is 10.1. The average Bonchev–Trinajstić information content (AvgIpc) is 3.15. The lowest BCUT2D eigenvalue weighted by molar-refractivity contribution is -0.122. The minimum Gasteiger partial charge on any atom is -0.349 e. The van der Waals surface area contributed by atoms with Crippen LogP contribution in [-0.4, -0.2) is 40.0 Å². The highest BCUT2D eigenvalue weighted by molar-refractivity contribution is 8.18. The zero-order valence-corrected chi connectivity index (χ0v) is 18.2. The van der Waals surface area contributed by atoms with E-state index in [2.05, 4.69) is 24.1 Å². The summed E-state index contributed by atoms with van der Waals surface area (Å²) in [5.74, 6) is -0.0765. The average molecular weight is 430 g/mol. The third-order valence-electron chi connectivity index (χ3n) is 4.22. The van der Waals surface area contributed by atoms with Crippen LogP contribution in [0.4, 0.5) is 4.79 Å². The van der Waals surface area contributed by atoms with E-state index in [-0.39, 0.29) is 30.1 Å². The van der Waals surface area contributed by atoms with Gasteiger partial charge in [-0.1, -0.05) is 44.2 Å². The zero-order valence-electron chi connectivity index (χ0n) is 16.6. The van der Waals surface area contributed by atoms with Gasteiger partial charge in [0.1, 0.15) is 4.88 Å². The highest BCUT2D eigenvalue weighted by atomic mass is 32.2. The van der Waals surface area contributed by atoms with E-state index in [0.717, 1.165) is 28.8 Å². The number of benzene rings is 1. The monoisotopic (exact) mass is 429 g/mol. The zero-order chi connectivity index (χ0) is 21.0. The summed E-state index contributed by atoms with van der Waals surface area (Å²) < 4.78 is 0. The summed E-state index contributed by atoms with van der Waals surface area (Å²) in [7, 11) is 0. The molecule has 152 valence electrons. The lowest BCUT2D eigenvalue weighted by Crippen LogP contribution is -2.37. The van der Waals surface area contributed by atoms with Crippen LogP contribution in [0.2, 0.25) is 0 Å². The molecule has 1 aromatic heterocycles. The van der Waals surface area contributed by atoms with E-state index in [1.807, 2.05) is 37.3 Å². The van der Waals surface area contributed by atoms with Crippen LogP contribution in [0.15, 0.2) is 35.2 Å². The van der Waals surface area contributed by atoms with E-state index in [9.17, 15) is 14.4 Å². The molecule has 1 aliphatic rings. The first-order chi connectivity index (χ1) is 13.8. The van der Waals surface area contributed by atoms with Crippen molar-refractivity contribution in [1.29, 1.82) is 0 Å². The molecule has 0 atom stereocenters. The van der Waals surface area contributed by atoms with Gasteiger partial charge in [0, 0.05) is 19.5 Å². The molecule has 1 N–H and O–H groups in total. The molecular weight excluding hydrogens is 406 g/mol. The van der Waals surface area contributed by atoms with Crippen molar-refractivity contribution in [3.8, 4) is 0 Å². The second-order valence-corrected chi connectivity index (χ2v) is 9.20. The van der Waals surface area contributed by atoms with Crippen LogP contribution < -0.4 is 5.32 Å². The van der Waals surface area contributed by atoms with E-state index in [1.54, 1.807) is 6.08 Å². The Bertz CT molecular complexity index is 951. The number of carbonyl (C=O) groups is 3. The Labute approximate surface area is 178 Å². The van der Waals surface area contributed by atoms with Gasteiger partial charge in [-0.2, -0.15) is 0 Å². The van der Waals surface area contributed by atoms with Gasteiger partial charge in [-0.3, -0.25) is 19.3 Å². The number of thiazole rings is 1. The standard InChI is InChI=1S/C21H23N3O3S2/c1-13(2)11-17-23-14(3)18(29-17)19(25)22-9-10-24-20(26)16(28-21(24)27)12-15-7-5-4-6-8-15/h4-8,12-13H,9-11H2,1-3H3,(H,22,25)/b16-12+. The summed E-state index contributed by atoms with van der Waals surface area (Å²) in [6.45, 7) is 6.38. The largest absolute Gasteiger partial charge is 0.349 e. The number of amides is 3. The second kappa shape index (κ2) is 9.37. The van der Waals surface area contributed by atoms with Gasteiger partial charge in [-0.15, -0.1) is 11.3 Å². The Hall–Kier alpha value is -2.45. The van der Waals surface area contributed by atoms with Crippen LogP contribution in [0.1, 0.15) is 39.8 Å². The molecular formula is C21H23N3O3S2. The Morgan fingerprint density at radius 2 is 1.97 bits per heavy atom. The molecule has 3 amide bonds. The van der Waals surface area contributed by atoms with Crippen LogP contribution in [0.3, 0.4) is 0 Å². The van der Waals surface area contributed by atoms with Crippen molar-refractivity contribution in [1.82, 2.24) is 15.2 Å².